The zero-order valence-electron chi connectivity index (χ0n) is 14.4. The SMILES string of the molecule is CC(C)n1c(=O)[nH]c(=O)c2[nH]c(-c3cnn(Cc4ccccc4)c3)nc21. The highest BCUT2D eigenvalue weighted by Crippen LogP contribution is 2.19. The average molecular weight is 350 g/mol. The van der Waals surface area contributed by atoms with Crippen LogP contribution in [0.3, 0.4) is 0 Å². The fraction of sp³-hybridized carbons (Fsp3) is 0.222. The molecule has 0 aliphatic heterocycles. The second kappa shape index (κ2) is 6.14. The molecule has 1 aromatic carbocycles. The molecular weight excluding hydrogens is 332 g/mol. The monoisotopic (exact) mass is 350 g/mol. The summed E-state index contributed by atoms with van der Waals surface area (Å²) < 4.78 is 3.27. The highest BCUT2D eigenvalue weighted by molar-refractivity contribution is 5.75. The van der Waals surface area contributed by atoms with E-state index in [1.807, 2.05) is 50.4 Å². The Balaban J connectivity index is 1.76. The predicted molar refractivity (Wildman–Crippen MR) is 98.1 cm³/mol. The highest BCUT2D eigenvalue weighted by Gasteiger charge is 2.16. The van der Waals surface area contributed by atoms with Crippen LogP contribution in [0.1, 0.15) is 25.5 Å². The maximum absolute atomic E-state index is 12.1. The van der Waals surface area contributed by atoms with E-state index in [1.54, 1.807) is 10.9 Å². The Kier molecular flexibility index (Phi) is 3.80. The van der Waals surface area contributed by atoms with Crippen molar-refractivity contribution in [3.63, 3.8) is 0 Å². The number of hydrogen-bond acceptors (Lipinski definition) is 4. The number of aromatic nitrogens is 6. The van der Waals surface area contributed by atoms with Crippen LogP contribution in [0.15, 0.2) is 52.3 Å². The Bertz CT molecular complexity index is 1180. The molecule has 132 valence electrons. The first kappa shape index (κ1) is 16.1. The second-order valence-corrected chi connectivity index (χ2v) is 6.42. The van der Waals surface area contributed by atoms with Gasteiger partial charge in [-0.2, -0.15) is 5.10 Å². The third-order valence-corrected chi connectivity index (χ3v) is 4.19. The summed E-state index contributed by atoms with van der Waals surface area (Å²) in [6.07, 6.45) is 3.55. The molecule has 0 saturated heterocycles. The standard InChI is InChI=1S/C18H18N6O2/c1-11(2)24-16-14(17(25)22-18(24)26)20-15(21-16)13-8-19-23(10-13)9-12-6-4-3-5-7-12/h3-8,10-11H,9H2,1-2H3,(H,20,21)(H,22,25,26). The summed E-state index contributed by atoms with van der Waals surface area (Å²) in [5.74, 6) is 0.504. The summed E-state index contributed by atoms with van der Waals surface area (Å²) in [6.45, 7) is 4.37. The molecule has 8 nitrogen and oxygen atoms in total. The number of nitrogens with zero attached hydrogens (tertiary/aromatic N) is 4. The number of benzene rings is 1. The number of H-pyrrole nitrogens is 2. The molecule has 0 fully saturated rings. The molecule has 0 bridgehead atoms. The molecule has 4 aromatic rings. The molecule has 0 saturated carbocycles. The predicted octanol–water partition coefficient (Wildman–Crippen LogP) is 1.91. The van der Waals surface area contributed by atoms with E-state index in [9.17, 15) is 9.59 Å². The van der Waals surface area contributed by atoms with Gasteiger partial charge in [-0.25, -0.2) is 9.78 Å². The molecule has 0 radical (unpaired) electrons. The first-order chi connectivity index (χ1) is 12.5. The van der Waals surface area contributed by atoms with Gasteiger partial charge in [-0.3, -0.25) is 19.0 Å². The van der Waals surface area contributed by atoms with Crippen LogP contribution in [0.4, 0.5) is 0 Å². The molecule has 0 aliphatic carbocycles. The maximum atomic E-state index is 12.1. The van der Waals surface area contributed by atoms with Crippen molar-refractivity contribution in [1.82, 2.24) is 29.3 Å². The van der Waals surface area contributed by atoms with Crippen LogP contribution in [-0.4, -0.2) is 29.3 Å². The van der Waals surface area contributed by atoms with Crippen molar-refractivity contribution in [2.75, 3.05) is 0 Å². The van der Waals surface area contributed by atoms with Gasteiger partial charge >= 0.3 is 5.69 Å². The summed E-state index contributed by atoms with van der Waals surface area (Å²) in [7, 11) is 0. The normalized spacial score (nSPS) is 11.5. The summed E-state index contributed by atoms with van der Waals surface area (Å²) in [5, 5.41) is 4.36. The van der Waals surface area contributed by atoms with Gasteiger partial charge in [-0.15, -0.1) is 0 Å². The molecule has 4 rings (SSSR count). The van der Waals surface area contributed by atoms with Gasteiger partial charge in [0.1, 0.15) is 11.3 Å². The van der Waals surface area contributed by atoms with Crippen LogP contribution in [-0.2, 0) is 6.54 Å². The lowest BCUT2D eigenvalue weighted by Gasteiger charge is -2.08. The molecule has 0 amide bonds. The lowest BCUT2D eigenvalue weighted by Crippen LogP contribution is -2.31. The lowest BCUT2D eigenvalue weighted by atomic mass is 10.2. The van der Waals surface area contributed by atoms with Crippen molar-refractivity contribution in [3.05, 3.63) is 69.1 Å². The average Bonchev–Trinajstić information content (AvgIpc) is 3.22. The highest BCUT2D eigenvalue weighted by atomic mass is 16.2. The Morgan fingerprint density at radius 3 is 2.62 bits per heavy atom. The number of hydrogen-bond donors (Lipinski definition) is 2. The van der Waals surface area contributed by atoms with Gasteiger partial charge in [0.2, 0.25) is 0 Å². The molecule has 3 aromatic heterocycles. The van der Waals surface area contributed by atoms with Gasteiger partial charge in [-0.1, -0.05) is 30.3 Å². The van der Waals surface area contributed by atoms with E-state index in [0.29, 0.717) is 18.0 Å². The topological polar surface area (TPSA) is 101 Å². The van der Waals surface area contributed by atoms with Crippen LogP contribution in [0, 0.1) is 0 Å². The van der Waals surface area contributed by atoms with Crippen LogP contribution >= 0.6 is 0 Å². The van der Waals surface area contributed by atoms with Crippen LogP contribution in [0.25, 0.3) is 22.6 Å². The van der Waals surface area contributed by atoms with E-state index in [-0.39, 0.29) is 11.6 Å². The van der Waals surface area contributed by atoms with Crippen LogP contribution in [0.5, 0.6) is 0 Å². The van der Waals surface area contributed by atoms with Crippen molar-refractivity contribution in [2.24, 2.45) is 0 Å². The zero-order chi connectivity index (χ0) is 18.3. The molecule has 8 heteroatoms. The van der Waals surface area contributed by atoms with E-state index in [0.717, 1.165) is 11.1 Å². The summed E-state index contributed by atoms with van der Waals surface area (Å²) in [4.78, 5) is 34.0. The van der Waals surface area contributed by atoms with Gasteiger partial charge in [0.05, 0.1) is 18.3 Å². The maximum Gasteiger partial charge on any atom is 0.330 e. The molecule has 3 heterocycles. The first-order valence-corrected chi connectivity index (χ1v) is 8.34. The smallest absolute Gasteiger partial charge is 0.330 e. The van der Waals surface area contributed by atoms with E-state index in [1.165, 1.54) is 4.57 Å². The molecular formula is C18H18N6O2. The molecule has 0 atom stereocenters. The summed E-state index contributed by atoms with van der Waals surface area (Å²) in [6, 6.07) is 9.87. The van der Waals surface area contributed by atoms with Gasteiger partial charge in [0.15, 0.2) is 5.65 Å². The van der Waals surface area contributed by atoms with Crippen LogP contribution < -0.4 is 11.2 Å². The van der Waals surface area contributed by atoms with Crippen molar-refractivity contribution in [2.45, 2.75) is 26.4 Å². The quantitative estimate of drug-likeness (QED) is 0.587. The Morgan fingerprint density at radius 2 is 1.88 bits per heavy atom. The molecule has 0 spiro atoms. The molecule has 26 heavy (non-hydrogen) atoms. The first-order valence-electron chi connectivity index (χ1n) is 8.34. The fourth-order valence-electron chi connectivity index (χ4n) is 2.97. The summed E-state index contributed by atoms with van der Waals surface area (Å²) >= 11 is 0. The van der Waals surface area contributed by atoms with E-state index >= 15 is 0 Å². The van der Waals surface area contributed by atoms with Gasteiger partial charge < -0.3 is 4.98 Å². The summed E-state index contributed by atoms with van der Waals surface area (Å²) in [5.41, 5.74) is 1.58. The number of rotatable bonds is 4. The van der Waals surface area contributed by atoms with Gasteiger partial charge in [0.25, 0.3) is 5.56 Å². The third-order valence-electron chi connectivity index (χ3n) is 4.19. The van der Waals surface area contributed by atoms with Gasteiger partial charge in [-0.05, 0) is 19.4 Å². The van der Waals surface area contributed by atoms with Gasteiger partial charge in [0, 0.05) is 12.2 Å². The Morgan fingerprint density at radius 1 is 1.12 bits per heavy atom. The number of imidazole rings is 1. The number of fused-ring (bicyclic) bond motifs is 1. The largest absolute Gasteiger partial charge is 0.332 e. The van der Waals surface area contributed by atoms with E-state index in [4.69, 9.17) is 0 Å². The number of aromatic amines is 2. The minimum Gasteiger partial charge on any atom is -0.332 e. The van der Waals surface area contributed by atoms with Crippen molar-refractivity contribution >= 4 is 11.2 Å². The minimum atomic E-state index is -0.475. The molecule has 2 N–H and O–H groups in total. The van der Waals surface area contributed by atoms with Crippen molar-refractivity contribution in [3.8, 4) is 11.4 Å². The molecule has 0 unspecified atom stereocenters. The van der Waals surface area contributed by atoms with E-state index in [2.05, 4.69) is 20.1 Å². The Hall–Kier alpha value is -3.42. The van der Waals surface area contributed by atoms with Crippen molar-refractivity contribution < 1.29 is 0 Å². The fourth-order valence-corrected chi connectivity index (χ4v) is 2.97. The Labute approximate surface area is 148 Å². The zero-order valence-corrected chi connectivity index (χ0v) is 14.4. The number of nitrogens with one attached hydrogen (secondary N) is 2. The minimum absolute atomic E-state index is 0.126. The third kappa shape index (κ3) is 2.75. The second-order valence-electron chi connectivity index (χ2n) is 6.42. The molecule has 0 aliphatic rings. The van der Waals surface area contributed by atoms with Crippen molar-refractivity contribution in [1.29, 1.82) is 0 Å². The lowest BCUT2D eigenvalue weighted by molar-refractivity contribution is 0.580. The van der Waals surface area contributed by atoms with E-state index < -0.39 is 11.2 Å². The van der Waals surface area contributed by atoms with Crippen LogP contribution in [0.2, 0.25) is 0 Å².